The standard InChI is InChI=1S/C13H24N2O.ClH/c1-10-2-3-11(8-10)9-13(16)15-6-4-12(14)5-7-15;/h10-12H,2-9,14H2,1H3;1H. The largest absolute Gasteiger partial charge is 0.343 e. The monoisotopic (exact) mass is 260 g/mol. The van der Waals surface area contributed by atoms with Crippen molar-refractivity contribution in [2.75, 3.05) is 13.1 Å². The number of hydrogen-bond donors (Lipinski definition) is 1. The van der Waals surface area contributed by atoms with Crippen LogP contribution in [0.5, 0.6) is 0 Å². The number of halogens is 1. The van der Waals surface area contributed by atoms with E-state index in [2.05, 4.69) is 6.92 Å². The van der Waals surface area contributed by atoms with Gasteiger partial charge in [0.2, 0.25) is 5.91 Å². The molecule has 0 radical (unpaired) electrons. The van der Waals surface area contributed by atoms with Crippen LogP contribution in [0, 0.1) is 11.8 Å². The molecule has 1 saturated carbocycles. The van der Waals surface area contributed by atoms with Gasteiger partial charge in [-0.3, -0.25) is 4.79 Å². The van der Waals surface area contributed by atoms with Crippen LogP contribution in [0.4, 0.5) is 0 Å². The van der Waals surface area contributed by atoms with Crippen molar-refractivity contribution < 1.29 is 4.79 Å². The number of piperidine rings is 1. The highest BCUT2D eigenvalue weighted by Crippen LogP contribution is 2.33. The van der Waals surface area contributed by atoms with Gasteiger partial charge in [-0.1, -0.05) is 13.3 Å². The van der Waals surface area contributed by atoms with E-state index in [9.17, 15) is 4.79 Å². The van der Waals surface area contributed by atoms with Gasteiger partial charge in [0.25, 0.3) is 0 Å². The minimum absolute atomic E-state index is 0. The number of likely N-dealkylation sites (tertiary alicyclic amines) is 1. The highest BCUT2D eigenvalue weighted by molar-refractivity contribution is 5.85. The van der Waals surface area contributed by atoms with E-state index in [0.29, 0.717) is 17.9 Å². The number of rotatable bonds is 2. The molecule has 2 unspecified atom stereocenters. The molecule has 2 rings (SSSR count). The van der Waals surface area contributed by atoms with Crippen molar-refractivity contribution >= 4 is 18.3 Å². The molecule has 2 fully saturated rings. The van der Waals surface area contributed by atoms with Crippen LogP contribution < -0.4 is 5.73 Å². The summed E-state index contributed by atoms with van der Waals surface area (Å²) in [5.41, 5.74) is 5.84. The Morgan fingerprint density at radius 3 is 2.41 bits per heavy atom. The number of nitrogens with zero attached hydrogens (tertiary/aromatic N) is 1. The van der Waals surface area contributed by atoms with Gasteiger partial charge in [-0.05, 0) is 37.5 Å². The molecule has 2 aliphatic rings. The second-order valence-electron chi connectivity index (χ2n) is 5.71. The van der Waals surface area contributed by atoms with Crippen LogP contribution in [-0.4, -0.2) is 29.9 Å². The Kier molecular flexibility index (Phi) is 5.74. The van der Waals surface area contributed by atoms with E-state index in [1.54, 1.807) is 0 Å². The van der Waals surface area contributed by atoms with Gasteiger partial charge >= 0.3 is 0 Å². The lowest BCUT2D eigenvalue weighted by molar-refractivity contribution is -0.133. The maximum Gasteiger partial charge on any atom is 0.222 e. The Morgan fingerprint density at radius 1 is 1.24 bits per heavy atom. The fourth-order valence-corrected chi connectivity index (χ4v) is 3.04. The van der Waals surface area contributed by atoms with Crippen LogP contribution in [0.1, 0.15) is 45.4 Å². The molecular formula is C13H25ClN2O. The summed E-state index contributed by atoms with van der Waals surface area (Å²) in [7, 11) is 0. The highest BCUT2D eigenvalue weighted by atomic mass is 35.5. The normalized spacial score (nSPS) is 30.1. The van der Waals surface area contributed by atoms with Gasteiger partial charge in [-0.25, -0.2) is 0 Å². The summed E-state index contributed by atoms with van der Waals surface area (Å²) in [5.74, 6) is 1.84. The molecule has 0 aromatic carbocycles. The lowest BCUT2D eigenvalue weighted by Crippen LogP contribution is -2.43. The molecule has 2 atom stereocenters. The van der Waals surface area contributed by atoms with Crippen molar-refractivity contribution in [2.24, 2.45) is 17.6 Å². The van der Waals surface area contributed by atoms with E-state index in [0.717, 1.165) is 38.3 Å². The van der Waals surface area contributed by atoms with E-state index < -0.39 is 0 Å². The predicted molar refractivity (Wildman–Crippen MR) is 72.2 cm³/mol. The van der Waals surface area contributed by atoms with Crippen LogP contribution in [0.2, 0.25) is 0 Å². The van der Waals surface area contributed by atoms with Crippen molar-refractivity contribution in [3.05, 3.63) is 0 Å². The number of nitrogens with two attached hydrogens (primary N) is 1. The van der Waals surface area contributed by atoms with Crippen molar-refractivity contribution in [3.8, 4) is 0 Å². The van der Waals surface area contributed by atoms with Crippen LogP contribution in [-0.2, 0) is 4.79 Å². The molecule has 0 aromatic heterocycles. The number of carbonyl (C=O) groups excluding carboxylic acids is 1. The first-order valence-corrected chi connectivity index (χ1v) is 6.68. The van der Waals surface area contributed by atoms with Gasteiger partial charge in [-0.2, -0.15) is 0 Å². The molecule has 0 bridgehead atoms. The average Bonchev–Trinajstić information content (AvgIpc) is 2.65. The molecular weight excluding hydrogens is 236 g/mol. The molecule has 0 aromatic rings. The molecule has 1 amide bonds. The van der Waals surface area contributed by atoms with Crippen LogP contribution in [0.15, 0.2) is 0 Å². The van der Waals surface area contributed by atoms with Crippen molar-refractivity contribution in [2.45, 2.75) is 51.5 Å². The minimum atomic E-state index is 0. The third-order valence-electron chi connectivity index (χ3n) is 4.16. The number of carbonyl (C=O) groups is 1. The van der Waals surface area contributed by atoms with Crippen LogP contribution in [0.3, 0.4) is 0 Å². The highest BCUT2D eigenvalue weighted by Gasteiger charge is 2.27. The summed E-state index contributed by atoms with van der Waals surface area (Å²) in [6, 6.07) is 0.315. The first-order valence-electron chi connectivity index (χ1n) is 6.68. The smallest absolute Gasteiger partial charge is 0.222 e. The van der Waals surface area contributed by atoms with Gasteiger partial charge in [0, 0.05) is 25.6 Å². The SMILES string of the molecule is CC1CCC(CC(=O)N2CCC(N)CC2)C1.Cl. The molecule has 1 heterocycles. The summed E-state index contributed by atoms with van der Waals surface area (Å²) >= 11 is 0. The van der Waals surface area contributed by atoms with Gasteiger partial charge < -0.3 is 10.6 Å². The second-order valence-corrected chi connectivity index (χ2v) is 5.71. The predicted octanol–water partition coefficient (Wildman–Crippen LogP) is 2.18. The Balaban J connectivity index is 0.00000144. The Labute approximate surface area is 111 Å². The lowest BCUT2D eigenvalue weighted by Gasteiger charge is -2.31. The zero-order valence-corrected chi connectivity index (χ0v) is 11.5. The van der Waals surface area contributed by atoms with E-state index >= 15 is 0 Å². The quantitative estimate of drug-likeness (QED) is 0.827. The first-order chi connectivity index (χ1) is 7.65. The van der Waals surface area contributed by atoms with E-state index in [4.69, 9.17) is 5.73 Å². The molecule has 2 N–H and O–H groups in total. The summed E-state index contributed by atoms with van der Waals surface area (Å²) in [5, 5.41) is 0. The third-order valence-corrected chi connectivity index (χ3v) is 4.16. The molecule has 100 valence electrons. The summed E-state index contributed by atoms with van der Waals surface area (Å²) < 4.78 is 0. The number of hydrogen-bond acceptors (Lipinski definition) is 2. The average molecular weight is 261 g/mol. The van der Waals surface area contributed by atoms with E-state index in [1.165, 1.54) is 19.3 Å². The van der Waals surface area contributed by atoms with Crippen LogP contribution >= 0.6 is 12.4 Å². The molecule has 3 nitrogen and oxygen atoms in total. The van der Waals surface area contributed by atoms with Crippen LogP contribution in [0.25, 0.3) is 0 Å². The molecule has 1 aliphatic heterocycles. The Bertz CT molecular complexity index is 252. The maximum atomic E-state index is 12.1. The maximum absolute atomic E-state index is 12.1. The molecule has 1 saturated heterocycles. The van der Waals surface area contributed by atoms with Gasteiger partial charge in [0.1, 0.15) is 0 Å². The van der Waals surface area contributed by atoms with Gasteiger partial charge in [-0.15, -0.1) is 12.4 Å². The molecule has 17 heavy (non-hydrogen) atoms. The van der Waals surface area contributed by atoms with Crippen molar-refractivity contribution in [1.82, 2.24) is 4.90 Å². The van der Waals surface area contributed by atoms with Gasteiger partial charge in [0.15, 0.2) is 0 Å². The van der Waals surface area contributed by atoms with Gasteiger partial charge in [0.05, 0.1) is 0 Å². The van der Waals surface area contributed by atoms with Crippen molar-refractivity contribution in [3.63, 3.8) is 0 Å². The zero-order valence-electron chi connectivity index (χ0n) is 10.7. The fourth-order valence-electron chi connectivity index (χ4n) is 3.04. The van der Waals surface area contributed by atoms with E-state index in [-0.39, 0.29) is 12.4 Å². The minimum Gasteiger partial charge on any atom is -0.343 e. The molecule has 1 aliphatic carbocycles. The first kappa shape index (κ1) is 14.8. The topological polar surface area (TPSA) is 46.3 Å². The third kappa shape index (κ3) is 4.14. The Morgan fingerprint density at radius 2 is 1.88 bits per heavy atom. The lowest BCUT2D eigenvalue weighted by atomic mass is 10.00. The summed E-state index contributed by atoms with van der Waals surface area (Å²) in [4.78, 5) is 14.1. The van der Waals surface area contributed by atoms with E-state index in [1.807, 2.05) is 4.90 Å². The Hall–Kier alpha value is -0.280. The summed E-state index contributed by atoms with van der Waals surface area (Å²) in [6.07, 6.45) is 6.54. The second kappa shape index (κ2) is 6.60. The summed E-state index contributed by atoms with van der Waals surface area (Å²) in [6.45, 7) is 4.05. The molecule has 4 heteroatoms. The number of amides is 1. The fraction of sp³-hybridized carbons (Fsp3) is 0.923. The zero-order chi connectivity index (χ0) is 11.5. The molecule has 0 spiro atoms. The van der Waals surface area contributed by atoms with Crippen molar-refractivity contribution in [1.29, 1.82) is 0 Å².